The van der Waals surface area contributed by atoms with E-state index in [1.54, 1.807) is 0 Å². The molecule has 0 aromatic heterocycles. The van der Waals surface area contributed by atoms with E-state index in [9.17, 15) is 13.2 Å². The Labute approximate surface area is 99.7 Å². The molecule has 0 radical (unpaired) electrons. The molecule has 0 aliphatic carbocycles. The van der Waals surface area contributed by atoms with Crippen molar-refractivity contribution in [1.82, 2.24) is 0 Å². The van der Waals surface area contributed by atoms with E-state index in [2.05, 4.69) is 20.7 Å². The molecule has 0 fully saturated rings. The number of halogens is 4. The van der Waals surface area contributed by atoms with Gasteiger partial charge in [-0.15, -0.1) is 13.2 Å². The van der Waals surface area contributed by atoms with Crippen LogP contribution in [0.15, 0.2) is 22.7 Å². The van der Waals surface area contributed by atoms with E-state index in [0.717, 1.165) is 0 Å². The number of alkyl halides is 3. The number of hydrogen-bond acceptors (Lipinski definition) is 2. The van der Waals surface area contributed by atoms with E-state index in [1.807, 2.05) is 6.92 Å². The number of benzene rings is 1. The molecular weight excluding hydrogens is 287 g/mol. The van der Waals surface area contributed by atoms with Gasteiger partial charge in [-0.25, -0.2) is 0 Å². The van der Waals surface area contributed by atoms with E-state index in [-0.39, 0.29) is 11.8 Å². The summed E-state index contributed by atoms with van der Waals surface area (Å²) in [5, 5.41) is 0. The zero-order valence-corrected chi connectivity index (χ0v) is 10.1. The summed E-state index contributed by atoms with van der Waals surface area (Å²) >= 11 is 3.23. The van der Waals surface area contributed by atoms with Gasteiger partial charge < -0.3 is 10.5 Å². The standard InChI is InChI=1S/C10H11BrF3NO/c1-2-9(15)7-5-6(3-4-8(7)11)16-10(12,13)14/h3-5,9H,2,15H2,1H3. The van der Waals surface area contributed by atoms with Crippen LogP contribution in [0.25, 0.3) is 0 Å². The molecule has 1 aromatic carbocycles. The Morgan fingerprint density at radius 2 is 2.06 bits per heavy atom. The molecule has 6 heteroatoms. The molecule has 0 aliphatic heterocycles. The van der Waals surface area contributed by atoms with Crippen molar-refractivity contribution in [1.29, 1.82) is 0 Å². The minimum Gasteiger partial charge on any atom is -0.406 e. The quantitative estimate of drug-likeness (QED) is 0.922. The Morgan fingerprint density at radius 1 is 1.44 bits per heavy atom. The summed E-state index contributed by atoms with van der Waals surface area (Å²) in [5.74, 6) is -0.255. The van der Waals surface area contributed by atoms with E-state index in [1.165, 1.54) is 18.2 Å². The minimum atomic E-state index is -4.68. The van der Waals surface area contributed by atoms with Gasteiger partial charge in [0.05, 0.1) is 0 Å². The first-order valence-electron chi connectivity index (χ1n) is 4.64. The summed E-state index contributed by atoms with van der Waals surface area (Å²) in [6.07, 6.45) is -4.05. The molecule has 0 aliphatic rings. The molecule has 0 heterocycles. The third kappa shape index (κ3) is 3.68. The van der Waals surface area contributed by atoms with Gasteiger partial charge in [0.1, 0.15) is 5.75 Å². The van der Waals surface area contributed by atoms with Crippen molar-refractivity contribution in [2.45, 2.75) is 25.7 Å². The summed E-state index contributed by atoms with van der Waals surface area (Å²) in [4.78, 5) is 0. The fourth-order valence-corrected chi connectivity index (χ4v) is 1.76. The van der Waals surface area contributed by atoms with E-state index < -0.39 is 6.36 Å². The van der Waals surface area contributed by atoms with Crippen molar-refractivity contribution >= 4 is 15.9 Å². The Kier molecular flexibility index (Phi) is 4.21. The zero-order chi connectivity index (χ0) is 12.3. The minimum absolute atomic E-state index is 0.255. The molecule has 0 bridgehead atoms. The van der Waals surface area contributed by atoms with Crippen LogP contribution in [-0.4, -0.2) is 6.36 Å². The number of ether oxygens (including phenoxy) is 1. The van der Waals surface area contributed by atoms with Crippen LogP contribution in [0, 0.1) is 0 Å². The van der Waals surface area contributed by atoms with Crippen molar-refractivity contribution < 1.29 is 17.9 Å². The topological polar surface area (TPSA) is 35.2 Å². The van der Waals surface area contributed by atoms with Gasteiger partial charge in [-0.1, -0.05) is 22.9 Å². The van der Waals surface area contributed by atoms with Crippen LogP contribution < -0.4 is 10.5 Å². The summed E-state index contributed by atoms with van der Waals surface area (Å²) in [5.41, 5.74) is 6.36. The number of hydrogen-bond donors (Lipinski definition) is 1. The summed E-state index contributed by atoms with van der Waals surface area (Å²) < 4.78 is 40.5. The summed E-state index contributed by atoms with van der Waals surface area (Å²) in [6, 6.07) is 3.72. The molecule has 1 rings (SSSR count). The largest absolute Gasteiger partial charge is 0.573 e. The van der Waals surface area contributed by atoms with Crippen LogP contribution in [0.3, 0.4) is 0 Å². The molecule has 1 aromatic rings. The predicted octanol–water partition coefficient (Wildman–Crippen LogP) is 3.76. The normalized spacial score (nSPS) is 13.6. The van der Waals surface area contributed by atoms with Crippen LogP contribution in [0.1, 0.15) is 24.9 Å². The average molecular weight is 298 g/mol. The third-order valence-electron chi connectivity index (χ3n) is 2.04. The highest BCUT2D eigenvalue weighted by molar-refractivity contribution is 9.10. The SMILES string of the molecule is CCC(N)c1cc(OC(F)(F)F)ccc1Br. The highest BCUT2D eigenvalue weighted by Gasteiger charge is 2.31. The van der Waals surface area contributed by atoms with Gasteiger partial charge in [-0.05, 0) is 30.2 Å². The smallest absolute Gasteiger partial charge is 0.406 e. The zero-order valence-electron chi connectivity index (χ0n) is 8.51. The molecule has 90 valence electrons. The first kappa shape index (κ1) is 13.3. The Morgan fingerprint density at radius 3 is 2.56 bits per heavy atom. The van der Waals surface area contributed by atoms with Crippen molar-refractivity contribution in [3.05, 3.63) is 28.2 Å². The molecule has 0 saturated carbocycles. The highest BCUT2D eigenvalue weighted by Crippen LogP contribution is 2.30. The van der Waals surface area contributed by atoms with E-state index >= 15 is 0 Å². The number of rotatable bonds is 3. The lowest BCUT2D eigenvalue weighted by Gasteiger charge is -2.14. The molecular formula is C10H11BrF3NO. The maximum Gasteiger partial charge on any atom is 0.573 e. The lowest BCUT2D eigenvalue weighted by Crippen LogP contribution is -2.17. The molecule has 1 atom stereocenters. The van der Waals surface area contributed by atoms with Gasteiger partial charge in [-0.3, -0.25) is 0 Å². The maximum atomic E-state index is 12.0. The highest BCUT2D eigenvalue weighted by atomic mass is 79.9. The van der Waals surface area contributed by atoms with E-state index in [4.69, 9.17) is 5.73 Å². The Bertz CT molecular complexity index is 368. The van der Waals surface area contributed by atoms with Crippen LogP contribution in [-0.2, 0) is 0 Å². The first-order valence-corrected chi connectivity index (χ1v) is 5.43. The molecule has 2 N–H and O–H groups in total. The van der Waals surface area contributed by atoms with Gasteiger partial charge in [0.2, 0.25) is 0 Å². The summed E-state index contributed by atoms with van der Waals surface area (Å²) in [7, 11) is 0. The Balaban J connectivity index is 2.98. The van der Waals surface area contributed by atoms with Crippen molar-refractivity contribution in [3.63, 3.8) is 0 Å². The third-order valence-corrected chi connectivity index (χ3v) is 2.76. The fourth-order valence-electron chi connectivity index (χ4n) is 1.22. The monoisotopic (exact) mass is 297 g/mol. The van der Waals surface area contributed by atoms with Crippen LogP contribution in [0.2, 0.25) is 0 Å². The second-order valence-corrected chi connectivity index (χ2v) is 4.10. The van der Waals surface area contributed by atoms with Crippen molar-refractivity contribution in [2.24, 2.45) is 5.73 Å². The van der Waals surface area contributed by atoms with E-state index in [0.29, 0.717) is 16.5 Å². The van der Waals surface area contributed by atoms with Gasteiger partial charge >= 0.3 is 6.36 Å². The molecule has 0 spiro atoms. The summed E-state index contributed by atoms with van der Waals surface area (Å²) in [6.45, 7) is 1.86. The van der Waals surface area contributed by atoms with Crippen molar-refractivity contribution in [2.75, 3.05) is 0 Å². The van der Waals surface area contributed by atoms with Crippen LogP contribution in [0.5, 0.6) is 5.75 Å². The first-order chi connectivity index (χ1) is 7.33. The van der Waals surface area contributed by atoms with Gasteiger partial charge in [0, 0.05) is 10.5 Å². The predicted molar refractivity (Wildman–Crippen MR) is 58.0 cm³/mol. The molecule has 16 heavy (non-hydrogen) atoms. The van der Waals surface area contributed by atoms with Gasteiger partial charge in [-0.2, -0.15) is 0 Å². The van der Waals surface area contributed by atoms with Gasteiger partial charge in [0.15, 0.2) is 0 Å². The average Bonchev–Trinajstić information content (AvgIpc) is 2.18. The number of nitrogens with two attached hydrogens (primary N) is 1. The molecule has 2 nitrogen and oxygen atoms in total. The lowest BCUT2D eigenvalue weighted by molar-refractivity contribution is -0.274. The molecule has 1 unspecified atom stereocenters. The molecule has 0 amide bonds. The second kappa shape index (κ2) is 5.05. The Hall–Kier alpha value is -0.750. The maximum absolute atomic E-state index is 12.0. The fraction of sp³-hybridized carbons (Fsp3) is 0.400. The molecule has 0 saturated heterocycles. The second-order valence-electron chi connectivity index (χ2n) is 3.25. The van der Waals surface area contributed by atoms with Crippen LogP contribution in [0.4, 0.5) is 13.2 Å². The van der Waals surface area contributed by atoms with Crippen molar-refractivity contribution in [3.8, 4) is 5.75 Å². The van der Waals surface area contributed by atoms with Crippen LogP contribution >= 0.6 is 15.9 Å². The lowest BCUT2D eigenvalue weighted by atomic mass is 10.1. The van der Waals surface area contributed by atoms with Gasteiger partial charge in [0.25, 0.3) is 0 Å².